The van der Waals surface area contributed by atoms with E-state index in [1.165, 1.54) is 6.20 Å². The zero-order valence-electron chi connectivity index (χ0n) is 18.3. The summed E-state index contributed by atoms with van der Waals surface area (Å²) in [5, 5.41) is 19.1. The summed E-state index contributed by atoms with van der Waals surface area (Å²) in [5.74, 6) is 5.20. The van der Waals surface area contributed by atoms with Crippen molar-refractivity contribution in [2.45, 2.75) is 52.4 Å². The van der Waals surface area contributed by atoms with Crippen molar-refractivity contribution in [3.05, 3.63) is 23.4 Å². The lowest BCUT2D eigenvalue weighted by atomic mass is 10.00. The Labute approximate surface area is 177 Å². The molecule has 2 amide bonds. The SMILES string of the molecule is CCC(=O)N(C)C[C@H]1Oc2ncc(C#C[C@@H](C)O)cc2C(=O)N([C@@H](C)CO)C[C@H]1C. The van der Waals surface area contributed by atoms with Gasteiger partial charge in [-0.25, -0.2) is 4.98 Å². The lowest BCUT2D eigenvalue weighted by molar-refractivity contribution is -0.131. The molecule has 1 aliphatic heterocycles. The van der Waals surface area contributed by atoms with Crippen molar-refractivity contribution in [3.63, 3.8) is 0 Å². The van der Waals surface area contributed by atoms with Gasteiger partial charge in [0.15, 0.2) is 0 Å². The summed E-state index contributed by atoms with van der Waals surface area (Å²) in [4.78, 5) is 32.8. The monoisotopic (exact) mass is 417 g/mol. The van der Waals surface area contributed by atoms with Crippen LogP contribution in [0.5, 0.6) is 5.88 Å². The van der Waals surface area contributed by atoms with E-state index in [4.69, 9.17) is 4.74 Å². The van der Waals surface area contributed by atoms with Gasteiger partial charge >= 0.3 is 0 Å². The van der Waals surface area contributed by atoms with Crippen LogP contribution in [0.2, 0.25) is 0 Å². The predicted molar refractivity (Wildman–Crippen MR) is 112 cm³/mol. The van der Waals surface area contributed by atoms with Crippen LogP contribution < -0.4 is 4.74 Å². The highest BCUT2D eigenvalue weighted by atomic mass is 16.5. The fourth-order valence-electron chi connectivity index (χ4n) is 3.22. The number of hydrogen-bond donors (Lipinski definition) is 2. The minimum atomic E-state index is -0.804. The van der Waals surface area contributed by atoms with E-state index in [1.54, 1.807) is 43.7 Å². The molecule has 1 aromatic heterocycles. The van der Waals surface area contributed by atoms with Gasteiger partial charge in [-0.15, -0.1) is 0 Å². The molecule has 1 aliphatic rings. The van der Waals surface area contributed by atoms with Gasteiger partial charge < -0.3 is 24.7 Å². The van der Waals surface area contributed by atoms with Crippen LogP contribution in [0.1, 0.15) is 50.0 Å². The topological polar surface area (TPSA) is 103 Å². The number of aliphatic hydroxyl groups excluding tert-OH is 2. The maximum Gasteiger partial charge on any atom is 0.259 e. The van der Waals surface area contributed by atoms with Gasteiger partial charge in [0, 0.05) is 37.7 Å². The number of hydrogen-bond acceptors (Lipinski definition) is 6. The van der Waals surface area contributed by atoms with Crippen molar-refractivity contribution < 1.29 is 24.5 Å². The number of carbonyl (C=O) groups excluding carboxylic acids is 2. The fraction of sp³-hybridized carbons (Fsp3) is 0.591. The number of fused-ring (bicyclic) bond motifs is 1. The van der Waals surface area contributed by atoms with E-state index in [0.29, 0.717) is 25.1 Å². The number of rotatable bonds is 5. The summed E-state index contributed by atoms with van der Waals surface area (Å²) in [6.45, 7) is 7.62. The Morgan fingerprint density at radius 2 is 2.17 bits per heavy atom. The standard InChI is InChI=1S/C22H31N3O5/c1-6-20(28)24(5)12-19-14(2)11-25(15(3)13-26)22(29)18-9-17(8-7-16(4)27)10-23-21(18)30-19/h9-10,14-16,19,26-27H,6,11-13H2,1-5H3/t14-,15+,16-,19-/m1/s1. The lowest BCUT2D eigenvalue weighted by Crippen LogP contribution is -2.50. The van der Waals surface area contributed by atoms with Crippen LogP contribution in [0.15, 0.2) is 12.3 Å². The molecule has 0 spiro atoms. The molecule has 0 aliphatic carbocycles. The van der Waals surface area contributed by atoms with Gasteiger partial charge in [0.1, 0.15) is 17.8 Å². The number of nitrogens with zero attached hydrogens (tertiary/aromatic N) is 3. The molecule has 2 heterocycles. The number of aliphatic hydroxyl groups is 2. The summed E-state index contributed by atoms with van der Waals surface area (Å²) in [5.41, 5.74) is 0.723. The van der Waals surface area contributed by atoms with Crippen LogP contribution in [0.3, 0.4) is 0 Å². The summed E-state index contributed by atoms with van der Waals surface area (Å²) >= 11 is 0. The highest BCUT2D eigenvalue weighted by Crippen LogP contribution is 2.27. The summed E-state index contributed by atoms with van der Waals surface area (Å²) < 4.78 is 6.11. The van der Waals surface area contributed by atoms with Crippen LogP contribution in [0, 0.1) is 17.8 Å². The van der Waals surface area contributed by atoms with Crippen LogP contribution in [0.4, 0.5) is 0 Å². The number of likely N-dealkylation sites (N-methyl/N-ethyl adjacent to an activating group) is 1. The number of carbonyl (C=O) groups is 2. The average Bonchev–Trinajstić information content (AvgIpc) is 2.73. The highest BCUT2D eigenvalue weighted by Gasteiger charge is 2.34. The molecule has 4 atom stereocenters. The minimum Gasteiger partial charge on any atom is -0.472 e. The van der Waals surface area contributed by atoms with E-state index < -0.39 is 12.1 Å². The second-order valence-corrected chi connectivity index (χ2v) is 7.77. The average molecular weight is 418 g/mol. The van der Waals surface area contributed by atoms with Crippen LogP contribution >= 0.6 is 0 Å². The van der Waals surface area contributed by atoms with E-state index in [-0.39, 0.29) is 41.9 Å². The fourth-order valence-corrected chi connectivity index (χ4v) is 3.22. The zero-order valence-corrected chi connectivity index (χ0v) is 18.3. The van der Waals surface area contributed by atoms with Crippen LogP contribution in [-0.2, 0) is 4.79 Å². The first-order valence-electron chi connectivity index (χ1n) is 10.2. The largest absolute Gasteiger partial charge is 0.472 e. The summed E-state index contributed by atoms with van der Waals surface area (Å²) in [6.07, 6.45) is 0.699. The van der Waals surface area contributed by atoms with Crippen molar-refractivity contribution in [2.75, 3.05) is 26.7 Å². The quantitative estimate of drug-likeness (QED) is 0.690. The van der Waals surface area contributed by atoms with Crippen LogP contribution in [0.25, 0.3) is 0 Å². The molecule has 0 fully saturated rings. The third kappa shape index (κ3) is 5.71. The molecule has 0 unspecified atom stereocenters. The maximum atomic E-state index is 13.2. The smallest absolute Gasteiger partial charge is 0.259 e. The van der Waals surface area contributed by atoms with Crippen molar-refractivity contribution >= 4 is 11.8 Å². The minimum absolute atomic E-state index is 0.00134. The molecule has 2 rings (SSSR count). The predicted octanol–water partition coefficient (Wildman–Crippen LogP) is 0.902. The van der Waals surface area contributed by atoms with Crippen molar-refractivity contribution in [2.24, 2.45) is 5.92 Å². The second kappa shape index (κ2) is 10.4. The molecular weight excluding hydrogens is 386 g/mol. The second-order valence-electron chi connectivity index (χ2n) is 7.77. The van der Waals surface area contributed by atoms with E-state index in [1.807, 2.05) is 6.92 Å². The first kappa shape index (κ1) is 23.6. The van der Waals surface area contributed by atoms with Gasteiger partial charge in [0.05, 0.1) is 19.2 Å². The molecule has 1 aromatic rings. The number of ether oxygens (including phenoxy) is 1. The van der Waals surface area contributed by atoms with Crippen LogP contribution in [-0.4, -0.2) is 81.8 Å². The Hall–Kier alpha value is -2.63. The number of amides is 2. The molecule has 8 nitrogen and oxygen atoms in total. The van der Waals surface area contributed by atoms with Crippen molar-refractivity contribution in [3.8, 4) is 17.7 Å². The maximum absolute atomic E-state index is 13.2. The number of aromatic nitrogens is 1. The van der Waals surface area contributed by atoms with E-state index in [9.17, 15) is 19.8 Å². The van der Waals surface area contributed by atoms with E-state index in [2.05, 4.69) is 16.8 Å². The van der Waals surface area contributed by atoms with Crippen molar-refractivity contribution in [1.29, 1.82) is 0 Å². The first-order chi connectivity index (χ1) is 14.2. The Kier molecular flexibility index (Phi) is 8.21. The first-order valence-corrected chi connectivity index (χ1v) is 10.2. The Morgan fingerprint density at radius 3 is 2.77 bits per heavy atom. The third-order valence-corrected chi connectivity index (χ3v) is 5.13. The van der Waals surface area contributed by atoms with Gasteiger partial charge in [-0.3, -0.25) is 9.59 Å². The molecule has 0 saturated carbocycles. The molecule has 2 N–H and O–H groups in total. The van der Waals surface area contributed by atoms with E-state index >= 15 is 0 Å². The molecule has 8 heteroatoms. The van der Waals surface area contributed by atoms with Gasteiger partial charge in [0.2, 0.25) is 11.8 Å². The molecule has 0 radical (unpaired) electrons. The molecular formula is C22H31N3O5. The Morgan fingerprint density at radius 1 is 1.47 bits per heavy atom. The highest BCUT2D eigenvalue weighted by molar-refractivity contribution is 5.97. The molecule has 164 valence electrons. The van der Waals surface area contributed by atoms with Gasteiger partial charge in [-0.2, -0.15) is 0 Å². The molecule has 0 aromatic carbocycles. The lowest BCUT2D eigenvalue weighted by Gasteiger charge is -2.37. The van der Waals surface area contributed by atoms with Crippen molar-refractivity contribution in [1.82, 2.24) is 14.8 Å². The summed E-state index contributed by atoms with van der Waals surface area (Å²) in [7, 11) is 1.73. The third-order valence-electron chi connectivity index (χ3n) is 5.13. The zero-order chi connectivity index (χ0) is 22.4. The molecule has 0 bridgehead atoms. The normalized spacial score (nSPS) is 20.6. The summed E-state index contributed by atoms with van der Waals surface area (Å²) in [6, 6.07) is 1.19. The van der Waals surface area contributed by atoms with E-state index in [0.717, 1.165) is 0 Å². The molecule has 0 saturated heterocycles. The Bertz CT molecular complexity index is 830. The van der Waals surface area contributed by atoms with Gasteiger partial charge in [-0.05, 0) is 19.9 Å². The Balaban J connectivity index is 2.47. The van der Waals surface area contributed by atoms with Gasteiger partial charge in [-0.1, -0.05) is 25.7 Å². The number of pyridine rings is 1. The molecule has 30 heavy (non-hydrogen) atoms. The van der Waals surface area contributed by atoms with Gasteiger partial charge in [0.25, 0.3) is 5.91 Å².